The van der Waals surface area contributed by atoms with Gasteiger partial charge in [-0.15, -0.1) is 0 Å². The van der Waals surface area contributed by atoms with Crippen LogP contribution < -0.4 is 15.4 Å². The van der Waals surface area contributed by atoms with Gasteiger partial charge in [-0.1, -0.05) is 24.2 Å². The summed E-state index contributed by atoms with van der Waals surface area (Å²) in [6, 6.07) is 9.38. The number of benzene rings is 1. The van der Waals surface area contributed by atoms with E-state index in [1.807, 2.05) is 58.0 Å². The number of aliphatic hydroxyl groups excluding tert-OH is 1. The lowest BCUT2D eigenvalue weighted by Crippen LogP contribution is -2.39. The van der Waals surface area contributed by atoms with Crippen molar-refractivity contribution in [2.24, 2.45) is 4.99 Å². The molecule has 2 aromatic rings. The van der Waals surface area contributed by atoms with Crippen LogP contribution in [0.15, 0.2) is 39.8 Å². The third-order valence-corrected chi connectivity index (χ3v) is 3.81. The van der Waals surface area contributed by atoms with E-state index in [9.17, 15) is 5.11 Å². The molecule has 148 valence electrons. The summed E-state index contributed by atoms with van der Waals surface area (Å²) in [6.45, 7) is 9.43. The van der Waals surface area contributed by atoms with Gasteiger partial charge in [-0.3, -0.25) is 0 Å². The molecule has 0 aliphatic carbocycles. The van der Waals surface area contributed by atoms with E-state index >= 15 is 0 Å². The largest absolute Gasteiger partial charge is 0.491 e. The molecule has 1 heterocycles. The highest BCUT2D eigenvalue weighted by Gasteiger charge is 2.10. The van der Waals surface area contributed by atoms with Crippen LogP contribution in [0.3, 0.4) is 0 Å². The number of guanidine groups is 1. The minimum Gasteiger partial charge on any atom is -0.491 e. The number of rotatable bonds is 9. The van der Waals surface area contributed by atoms with E-state index in [2.05, 4.69) is 20.8 Å². The van der Waals surface area contributed by atoms with Gasteiger partial charge in [0.05, 0.1) is 17.9 Å². The quantitative estimate of drug-likeness (QED) is 0.462. The lowest BCUT2D eigenvalue weighted by molar-refractivity contribution is 0.180. The Bertz CT molecular complexity index is 710. The first-order valence-electron chi connectivity index (χ1n) is 9.43. The molecular formula is C20H30N4O3. The number of aromatic nitrogens is 1. The molecule has 27 heavy (non-hydrogen) atoms. The van der Waals surface area contributed by atoms with Gasteiger partial charge in [-0.2, -0.15) is 0 Å². The normalized spacial score (nSPS) is 12.9. The highest BCUT2D eigenvalue weighted by molar-refractivity contribution is 5.79. The van der Waals surface area contributed by atoms with Crippen molar-refractivity contribution in [3.63, 3.8) is 0 Å². The van der Waals surface area contributed by atoms with Gasteiger partial charge in [0.15, 0.2) is 11.7 Å². The summed E-state index contributed by atoms with van der Waals surface area (Å²) in [4.78, 5) is 4.47. The topological polar surface area (TPSA) is 91.9 Å². The Morgan fingerprint density at radius 2 is 1.96 bits per heavy atom. The molecule has 2 rings (SSSR count). The maximum absolute atomic E-state index is 10.4. The van der Waals surface area contributed by atoms with Crippen LogP contribution in [-0.2, 0) is 13.0 Å². The number of aliphatic imine (C=N–C) groups is 1. The zero-order valence-corrected chi connectivity index (χ0v) is 16.5. The number of hydrogen-bond donors (Lipinski definition) is 3. The number of nitrogens with zero attached hydrogens (tertiary/aromatic N) is 2. The van der Waals surface area contributed by atoms with Crippen LogP contribution in [0.4, 0.5) is 0 Å². The van der Waals surface area contributed by atoms with Crippen LogP contribution in [0, 0.1) is 0 Å². The first-order valence-corrected chi connectivity index (χ1v) is 9.43. The Kier molecular flexibility index (Phi) is 8.13. The van der Waals surface area contributed by atoms with Crippen LogP contribution in [0.1, 0.15) is 50.8 Å². The van der Waals surface area contributed by atoms with E-state index in [4.69, 9.17) is 9.26 Å². The maximum atomic E-state index is 10.4. The zero-order chi connectivity index (χ0) is 19.6. The highest BCUT2D eigenvalue weighted by atomic mass is 16.5. The fraction of sp³-hybridized carbons (Fsp3) is 0.500. The van der Waals surface area contributed by atoms with E-state index in [-0.39, 0.29) is 6.10 Å². The Morgan fingerprint density at radius 3 is 2.56 bits per heavy atom. The molecule has 7 nitrogen and oxygen atoms in total. The second-order valence-corrected chi connectivity index (χ2v) is 6.47. The standard InChI is InChI=1S/C20H30N4O3/c1-5-16-11-18(27-24-16)12-22-20(21-6-2)23-13-19(25)15-7-9-17(10-8-15)26-14(3)4/h7-11,14,19,25H,5-6,12-13H2,1-4H3,(H2,21,22,23). The van der Waals surface area contributed by atoms with Crippen LogP contribution in [0.2, 0.25) is 0 Å². The molecule has 0 spiro atoms. The van der Waals surface area contributed by atoms with Crippen molar-refractivity contribution in [2.75, 3.05) is 13.1 Å². The van der Waals surface area contributed by atoms with Crippen molar-refractivity contribution >= 4 is 5.96 Å². The summed E-state index contributed by atoms with van der Waals surface area (Å²) in [7, 11) is 0. The molecule has 0 saturated heterocycles. The highest BCUT2D eigenvalue weighted by Crippen LogP contribution is 2.18. The first kappa shape index (κ1) is 20.8. The van der Waals surface area contributed by atoms with Crippen LogP contribution in [0.25, 0.3) is 0 Å². The molecule has 0 fully saturated rings. The molecule has 7 heteroatoms. The molecule has 1 unspecified atom stereocenters. The van der Waals surface area contributed by atoms with Crippen molar-refractivity contribution in [3.05, 3.63) is 47.3 Å². The van der Waals surface area contributed by atoms with Gasteiger partial charge < -0.3 is 25.0 Å². The van der Waals surface area contributed by atoms with Crippen molar-refractivity contribution in [2.45, 2.75) is 52.9 Å². The lowest BCUT2D eigenvalue weighted by Gasteiger charge is -2.16. The maximum Gasteiger partial charge on any atom is 0.191 e. The molecular weight excluding hydrogens is 344 g/mol. The Balaban J connectivity index is 1.90. The number of ether oxygens (including phenoxy) is 1. The zero-order valence-electron chi connectivity index (χ0n) is 16.5. The summed E-state index contributed by atoms with van der Waals surface area (Å²) in [5, 5.41) is 20.7. The fourth-order valence-corrected chi connectivity index (χ4v) is 2.45. The predicted octanol–water partition coefficient (Wildman–Crippen LogP) is 2.81. The lowest BCUT2D eigenvalue weighted by atomic mass is 10.1. The Labute approximate surface area is 160 Å². The Hall–Kier alpha value is -2.54. The third kappa shape index (κ3) is 6.94. The van der Waals surface area contributed by atoms with E-state index in [0.717, 1.165) is 30.0 Å². The van der Waals surface area contributed by atoms with Crippen LogP contribution in [-0.4, -0.2) is 35.4 Å². The average Bonchev–Trinajstić information content (AvgIpc) is 3.12. The van der Waals surface area contributed by atoms with Crippen molar-refractivity contribution in [3.8, 4) is 5.75 Å². The molecule has 0 amide bonds. The van der Waals surface area contributed by atoms with Crippen LogP contribution in [0.5, 0.6) is 5.75 Å². The molecule has 0 radical (unpaired) electrons. The molecule has 0 aliphatic heterocycles. The second-order valence-electron chi connectivity index (χ2n) is 6.47. The fourth-order valence-electron chi connectivity index (χ4n) is 2.45. The van der Waals surface area contributed by atoms with Gasteiger partial charge in [0.2, 0.25) is 0 Å². The summed E-state index contributed by atoms with van der Waals surface area (Å²) in [5.74, 6) is 2.12. The molecule has 0 bridgehead atoms. The summed E-state index contributed by atoms with van der Waals surface area (Å²) in [5.41, 5.74) is 1.73. The van der Waals surface area contributed by atoms with Gasteiger partial charge in [0.1, 0.15) is 12.3 Å². The second kappa shape index (κ2) is 10.6. The van der Waals surface area contributed by atoms with Crippen molar-refractivity contribution < 1.29 is 14.4 Å². The summed E-state index contributed by atoms with van der Waals surface area (Å²) in [6.07, 6.45) is 0.302. The van der Waals surface area contributed by atoms with Crippen molar-refractivity contribution in [1.29, 1.82) is 0 Å². The monoisotopic (exact) mass is 374 g/mol. The third-order valence-electron chi connectivity index (χ3n) is 3.81. The van der Waals surface area contributed by atoms with Crippen LogP contribution >= 0.6 is 0 Å². The summed E-state index contributed by atoms with van der Waals surface area (Å²) < 4.78 is 10.9. The van der Waals surface area contributed by atoms with E-state index in [1.54, 1.807) is 0 Å². The van der Waals surface area contributed by atoms with E-state index in [0.29, 0.717) is 24.8 Å². The van der Waals surface area contributed by atoms with Gasteiger partial charge in [0, 0.05) is 19.2 Å². The number of hydrogen-bond acceptors (Lipinski definition) is 5. The Morgan fingerprint density at radius 1 is 1.22 bits per heavy atom. The van der Waals surface area contributed by atoms with E-state index < -0.39 is 6.10 Å². The van der Waals surface area contributed by atoms with E-state index in [1.165, 1.54) is 0 Å². The minimum absolute atomic E-state index is 0.124. The first-order chi connectivity index (χ1) is 13.0. The van der Waals surface area contributed by atoms with Gasteiger partial charge in [-0.25, -0.2) is 4.99 Å². The number of aryl methyl sites for hydroxylation is 1. The molecule has 1 atom stereocenters. The number of nitrogens with one attached hydrogen (secondary N) is 2. The average molecular weight is 374 g/mol. The molecule has 1 aromatic carbocycles. The molecule has 0 saturated carbocycles. The predicted molar refractivity (Wildman–Crippen MR) is 106 cm³/mol. The number of aliphatic hydroxyl groups is 1. The molecule has 3 N–H and O–H groups in total. The van der Waals surface area contributed by atoms with Crippen molar-refractivity contribution in [1.82, 2.24) is 15.8 Å². The summed E-state index contributed by atoms with van der Waals surface area (Å²) >= 11 is 0. The molecule has 0 aliphatic rings. The SMILES string of the molecule is CCNC(=NCc1cc(CC)no1)NCC(O)c1ccc(OC(C)C)cc1. The molecule has 1 aromatic heterocycles. The smallest absolute Gasteiger partial charge is 0.191 e. The van der Waals surface area contributed by atoms with Gasteiger partial charge in [-0.05, 0) is 44.9 Å². The van der Waals surface area contributed by atoms with Gasteiger partial charge >= 0.3 is 0 Å². The van der Waals surface area contributed by atoms with Gasteiger partial charge in [0.25, 0.3) is 0 Å². The minimum atomic E-state index is -0.654.